The monoisotopic (exact) mass is 382 g/mol. The van der Waals surface area contributed by atoms with Crippen LogP contribution >= 0.6 is 0 Å². The fourth-order valence-electron chi connectivity index (χ4n) is 3.73. The quantitative estimate of drug-likeness (QED) is 0.780. The lowest BCUT2D eigenvalue weighted by Gasteiger charge is -2.31. The molecule has 26 heavy (non-hydrogen) atoms. The number of sulfone groups is 1. The van der Waals surface area contributed by atoms with Crippen molar-refractivity contribution in [3.05, 3.63) is 37.3 Å². The number of aliphatic hydroxyl groups is 1. The molecule has 10 heteroatoms. The van der Waals surface area contributed by atoms with Gasteiger partial charge in [0.05, 0.1) is 10.4 Å². The first-order valence-electron chi connectivity index (χ1n) is 8.47. The Morgan fingerprint density at radius 3 is 2.27 bits per heavy atom. The second-order valence-corrected chi connectivity index (χ2v) is 9.28. The Morgan fingerprint density at radius 2 is 1.65 bits per heavy atom. The summed E-state index contributed by atoms with van der Waals surface area (Å²) in [6.07, 6.45) is 3.56. The van der Waals surface area contributed by atoms with Gasteiger partial charge in [0.25, 0.3) is 5.56 Å². The fraction of sp³-hybridized carbons (Fsp3) is 0.625. The number of hydrogen-bond donors (Lipinski definition) is 1. The van der Waals surface area contributed by atoms with Gasteiger partial charge in [-0.2, -0.15) is 0 Å². The highest BCUT2D eigenvalue weighted by Gasteiger charge is 2.53. The van der Waals surface area contributed by atoms with E-state index in [1.165, 1.54) is 25.6 Å². The molecule has 0 bridgehead atoms. The van der Waals surface area contributed by atoms with Gasteiger partial charge in [0.2, 0.25) is 14.9 Å². The highest BCUT2D eigenvalue weighted by atomic mass is 32.2. The average molecular weight is 382 g/mol. The van der Waals surface area contributed by atoms with Crippen molar-refractivity contribution in [2.24, 2.45) is 24.3 Å². The largest absolute Gasteiger partial charge is 0.509 e. The Morgan fingerprint density at radius 1 is 1.04 bits per heavy atom. The molecular formula is C16H22N4O5S. The predicted molar refractivity (Wildman–Crippen MR) is 95.2 cm³/mol. The molecule has 9 nitrogen and oxygen atoms in total. The molecule has 0 unspecified atom stereocenters. The molecule has 1 aromatic rings. The molecule has 1 aromatic heterocycles. The first-order valence-corrected chi connectivity index (χ1v) is 9.96. The van der Waals surface area contributed by atoms with E-state index in [9.17, 15) is 23.1 Å². The Hall–Kier alpha value is -2.23. The van der Waals surface area contributed by atoms with Crippen LogP contribution in [0, 0.1) is 6.92 Å². The minimum atomic E-state index is -3.83. The van der Waals surface area contributed by atoms with E-state index in [0.717, 1.165) is 23.8 Å². The van der Waals surface area contributed by atoms with Gasteiger partial charge >= 0.3 is 5.69 Å². The molecule has 1 N–H and O–H groups in total. The van der Waals surface area contributed by atoms with Gasteiger partial charge < -0.3 is 5.11 Å². The number of rotatable bonds is 2. The summed E-state index contributed by atoms with van der Waals surface area (Å²) in [6.45, 7) is 1.52. The summed E-state index contributed by atoms with van der Waals surface area (Å²) < 4.78 is 27.0. The third-order valence-electron chi connectivity index (χ3n) is 5.49. The Kier molecular flexibility index (Phi) is 4.41. The van der Waals surface area contributed by atoms with E-state index in [4.69, 9.17) is 0 Å². The topological polar surface area (TPSA) is 123 Å². The summed E-state index contributed by atoms with van der Waals surface area (Å²) in [5.41, 5.74) is -1.04. The fourth-order valence-corrected chi connectivity index (χ4v) is 5.82. The third kappa shape index (κ3) is 2.54. The summed E-state index contributed by atoms with van der Waals surface area (Å²) in [5.74, 6) is -0.310. The predicted octanol–water partition coefficient (Wildman–Crippen LogP) is 1.72. The van der Waals surface area contributed by atoms with Crippen molar-refractivity contribution in [1.29, 1.82) is 0 Å². The standard InChI is InChI=1S/C16H22N4O5S/c1-10-12(14(22)20(3)15(23)19(10)2)17-18-13-11(21)9-16(26(13,24)25)7-5-4-6-8-16/h21H,4-9H2,1-3H3. The molecule has 0 atom stereocenters. The Labute approximate surface area is 150 Å². The lowest BCUT2D eigenvalue weighted by atomic mass is 9.86. The van der Waals surface area contributed by atoms with Gasteiger partial charge in [-0.15, -0.1) is 10.2 Å². The van der Waals surface area contributed by atoms with Crippen LogP contribution in [-0.2, 0) is 23.9 Å². The van der Waals surface area contributed by atoms with Crippen LogP contribution in [0.4, 0.5) is 5.69 Å². The normalized spacial score (nSPS) is 21.8. The van der Waals surface area contributed by atoms with Gasteiger partial charge in [-0.3, -0.25) is 13.9 Å². The molecular weight excluding hydrogens is 360 g/mol. The number of hydrogen-bond acceptors (Lipinski definition) is 7. The van der Waals surface area contributed by atoms with E-state index in [1.54, 1.807) is 0 Å². The maximum absolute atomic E-state index is 12.9. The van der Waals surface area contributed by atoms with E-state index in [0.29, 0.717) is 12.8 Å². The van der Waals surface area contributed by atoms with Crippen LogP contribution in [-0.4, -0.2) is 27.4 Å². The molecule has 2 heterocycles. The second-order valence-electron chi connectivity index (χ2n) is 7.02. The van der Waals surface area contributed by atoms with Crippen molar-refractivity contribution in [1.82, 2.24) is 9.13 Å². The highest BCUT2D eigenvalue weighted by Crippen LogP contribution is 2.48. The van der Waals surface area contributed by atoms with E-state index in [2.05, 4.69) is 10.2 Å². The molecule has 1 aliphatic carbocycles. The van der Waals surface area contributed by atoms with Gasteiger partial charge in [-0.25, -0.2) is 13.2 Å². The molecule has 0 radical (unpaired) electrons. The first-order chi connectivity index (χ1) is 12.1. The number of aliphatic hydroxyl groups excluding tert-OH is 1. The highest BCUT2D eigenvalue weighted by molar-refractivity contribution is 7.96. The van der Waals surface area contributed by atoms with E-state index < -0.39 is 30.9 Å². The molecule has 2 aliphatic rings. The average Bonchev–Trinajstić information content (AvgIpc) is 2.78. The van der Waals surface area contributed by atoms with Crippen molar-refractivity contribution in [3.63, 3.8) is 0 Å². The third-order valence-corrected chi connectivity index (χ3v) is 8.01. The summed E-state index contributed by atoms with van der Waals surface area (Å²) in [6, 6.07) is 0. The van der Waals surface area contributed by atoms with E-state index in [-0.39, 0.29) is 23.6 Å². The zero-order chi connectivity index (χ0) is 19.3. The molecule has 1 fully saturated rings. The van der Waals surface area contributed by atoms with Crippen molar-refractivity contribution < 1.29 is 13.5 Å². The van der Waals surface area contributed by atoms with Crippen LogP contribution in [0.1, 0.15) is 44.2 Å². The van der Waals surface area contributed by atoms with Crippen molar-refractivity contribution in [2.75, 3.05) is 0 Å². The maximum atomic E-state index is 12.9. The smallest absolute Gasteiger partial charge is 0.330 e. The van der Waals surface area contributed by atoms with Crippen molar-refractivity contribution in [3.8, 4) is 0 Å². The van der Waals surface area contributed by atoms with Gasteiger partial charge in [0.1, 0.15) is 5.76 Å². The minimum Gasteiger partial charge on any atom is -0.509 e. The Bertz CT molecular complexity index is 1040. The molecule has 1 saturated carbocycles. The van der Waals surface area contributed by atoms with Crippen LogP contribution in [0.15, 0.2) is 30.6 Å². The van der Waals surface area contributed by atoms with Crippen LogP contribution in [0.2, 0.25) is 0 Å². The molecule has 142 valence electrons. The number of allylic oxidation sites excluding steroid dienone is 1. The zero-order valence-corrected chi connectivity index (χ0v) is 15.8. The first kappa shape index (κ1) is 18.6. The van der Waals surface area contributed by atoms with Crippen molar-refractivity contribution in [2.45, 2.75) is 50.2 Å². The molecule has 1 aliphatic heterocycles. The van der Waals surface area contributed by atoms with E-state index >= 15 is 0 Å². The lowest BCUT2D eigenvalue weighted by molar-refractivity contribution is 0.321. The zero-order valence-electron chi connectivity index (χ0n) is 15.0. The van der Waals surface area contributed by atoms with Gasteiger partial charge in [-0.05, 0) is 19.8 Å². The minimum absolute atomic E-state index is 0.0357. The van der Waals surface area contributed by atoms with Crippen LogP contribution < -0.4 is 11.2 Å². The summed E-state index contributed by atoms with van der Waals surface area (Å²) >= 11 is 0. The molecule has 0 amide bonds. The SMILES string of the molecule is Cc1c(N=NC2=C(O)CC3(CCCCC3)S2(=O)=O)c(=O)n(C)c(=O)n1C. The van der Waals surface area contributed by atoms with Crippen LogP contribution in [0.25, 0.3) is 0 Å². The summed E-state index contributed by atoms with van der Waals surface area (Å²) in [4.78, 5) is 24.2. The van der Waals surface area contributed by atoms with Gasteiger partial charge in [0.15, 0.2) is 5.69 Å². The molecule has 3 rings (SSSR count). The van der Waals surface area contributed by atoms with Gasteiger partial charge in [0, 0.05) is 20.5 Å². The maximum Gasteiger partial charge on any atom is 0.330 e. The van der Waals surface area contributed by atoms with Crippen molar-refractivity contribution >= 4 is 15.5 Å². The lowest BCUT2D eigenvalue weighted by Crippen LogP contribution is -2.38. The van der Waals surface area contributed by atoms with Crippen LogP contribution in [0.5, 0.6) is 0 Å². The number of azo groups is 1. The Balaban J connectivity index is 2.06. The molecule has 1 spiro atoms. The van der Waals surface area contributed by atoms with Crippen LogP contribution in [0.3, 0.4) is 0 Å². The molecule has 0 saturated heterocycles. The second kappa shape index (κ2) is 6.19. The molecule has 0 aromatic carbocycles. The van der Waals surface area contributed by atoms with E-state index in [1.807, 2.05) is 0 Å². The van der Waals surface area contributed by atoms with Gasteiger partial charge in [-0.1, -0.05) is 19.3 Å². The summed E-state index contributed by atoms with van der Waals surface area (Å²) in [7, 11) is -1.04. The number of aromatic nitrogens is 2. The summed E-state index contributed by atoms with van der Waals surface area (Å²) in [5, 5.41) is 17.3. The number of nitrogens with zero attached hydrogens (tertiary/aromatic N) is 4.